The van der Waals surface area contributed by atoms with Gasteiger partial charge in [0.1, 0.15) is 11.5 Å². The van der Waals surface area contributed by atoms with Crippen molar-refractivity contribution in [1.82, 2.24) is 10.3 Å². The van der Waals surface area contributed by atoms with E-state index in [2.05, 4.69) is 22.0 Å². The van der Waals surface area contributed by atoms with Crippen LogP contribution in [0.25, 0.3) is 0 Å². The summed E-state index contributed by atoms with van der Waals surface area (Å²) in [6.07, 6.45) is 6.55. The van der Waals surface area contributed by atoms with E-state index in [1.165, 1.54) is 32.1 Å². The van der Waals surface area contributed by atoms with Crippen LogP contribution >= 0.6 is 0 Å². The van der Waals surface area contributed by atoms with Crippen LogP contribution in [0.3, 0.4) is 0 Å². The highest BCUT2D eigenvalue weighted by Gasteiger charge is 2.48. The van der Waals surface area contributed by atoms with Crippen molar-refractivity contribution in [3.05, 3.63) is 53.7 Å². The van der Waals surface area contributed by atoms with Crippen LogP contribution in [0.2, 0.25) is 0 Å². The lowest BCUT2D eigenvalue weighted by molar-refractivity contribution is -0.0120. The molecule has 184 valence electrons. The Hall–Kier alpha value is -3.09. The number of hydrogen-bond acceptors (Lipinski definition) is 5. The Labute approximate surface area is 206 Å². The molecule has 0 radical (unpaired) electrons. The minimum atomic E-state index is -0.909. The van der Waals surface area contributed by atoms with Crippen LogP contribution in [0.4, 0.5) is 11.5 Å². The molecular weight excluding hydrogens is 440 g/mol. The molecule has 2 heterocycles. The predicted molar refractivity (Wildman–Crippen MR) is 135 cm³/mol. The molecule has 1 aliphatic heterocycles. The minimum absolute atomic E-state index is 0.0332. The highest BCUT2D eigenvalue weighted by molar-refractivity contribution is 5.93. The summed E-state index contributed by atoms with van der Waals surface area (Å²) in [6.45, 7) is 4.57. The number of rotatable bonds is 5. The number of amides is 1. The summed E-state index contributed by atoms with van der Waals surface area (Å²) < 4.78 is 0. The van der Waals surface area contributed by atoms with E-state index in [1.807, 2.05) is 30.3 Å². The molecule has 2 aromatic rings. The molecule has 1 saturated heterocycles. The van der Waals surface area contributed by atoms with Gasteiger partial charge in [-0.15, -0.1) is 0 Å². The third-order valence-corrected chi connectivity index (χ3v) is 8.89. The first-order chi connectivity index (χ1) is 16.9. The monoisotopic (exact) mass is 474 g/mol. The Bertz CT molecular complexity index is 1090. The molecule has 2 N–H and O–H groups in total. The molecule has 35 heavy (non-hydrogen) atoms. The quantitative estimate of drug-likeness (QED) is 0.680. The van der Waals surface area contributed by atoms with Crippen molar-refractivity contribution in [1.29, 1.82) is 0 Å². The van der Waals surface area contributed by atoms with Crippen LogP contribution < -0.4 is 15.1 Å². The van der Waals surface area contributed by atoms with Crippen molar-refractivity contribution in [2.45, 2.75) is 51.1 Å². The highest BCUT2D eigenvalue weighted by atomic mass is 16.4. The number of anilines is 2. The SMILES string of the molecule is C[C@@H]1CN(c2ccc(C(=O)O)cc2)CCN1c1cccc(C(=O)NC2C3CC4CC(C3)CC2C4)n1. The van der Waals surface area contributed by atoms with Crippen LogP contribution in [-0.4, -0.2) is 53.7 Å². The maximum atomic E-state index is 13.2. The number of nitrogens with zero attached hydrogens (tertiary/aromatic N) is 3. The third kappa shape index (κ3) is 4.26. The van der Waals surface area contributed by atoms with Crippen LogP contribution in [0.15, 0.2) is 42.5 Å². The molecule has 4 aliphatic carbocycles. The lowest BCUT2D eigenvalue weighted by Gasteiger charge is -2.54. The molecule has 0 unspecified atom stereocenters. The second-order valence-electron chi connectivity index (χ2n) is 11.2. The highest BCUT2D eigenvalue weighted by Crippen LogP contribution is 2.53. The Kier molecular flexibility index (Phi) is 5.66. The van der Waals surface area contributed by atoms with Crippen molar-refractivity contribution in [3.63, 3.8) is 0 Å². The van der Waals surface area contributed by atoms with E-state index in [1.54, 1.807) is 12.1 Å². The van der Waals surface area contributed by atoms with Crippen molar-refractivity contribution in [3.8, 4) is 0 Å². The van der Waals surface area contributed by atoms with Gasteiger partial charge in [-0.05, 0) is 99.1 Å². The predicted octanol–water partition coefficient (Wildman–Crippen LogP) is 4.05. The standard InChI is InChI=1S/C28H34N4O3/c1-17-16-31(23-7-5-20(6-8-23)28(34)35)9-10-32(17)25-4-2-3-24(29-25)27(33)30-26-21-12-18-11-19(14-21)15-22(26)13-18/h2-8,17-19,21-22,26H,9-16H2,1H3,(H,30,33)(H,34,35)/t17-,18?,19?,21?,22?,26?/m1/s1. The van der Waals surface area contributed by atoms with Crippen LogP contribution in [0.1, 0.15) is 59.9 Å². The van der Waals surface area contributed by atoms with Gasteiger partial charge in [0, 0.05) is 37.4 Å². The second-order valence-corrected chi connectivity index (χ2v) is 11.2. The van der Waals surface area contributed by atoms with Crippen molar-refractivity contribution in [2.24, 2.45) is 23.7 Å². The minimum Gasteiger partial charge on any atom is -0.478 e. The van der Waals surface area contributed by atoms with Crippen LogP contribution in [-0.2, 0) is 0 Å². The molecule has 1 aromatic carbocycles. The van der Waals surface area contributed by atoms with Gasteiger partial charge in [0.2, 0.25) is 0 Å². The van der Waals surface area contributed by atoms with Crippen molar-refractivity contribution < 1.29 is 14.7 Å². The average Bonchev–Trinajstić information content (AvgIpc) is 2.85. The van der Waals surface area contributed by atoms with Gasteiger partial charge in [-0.1, -0.05) is 6.07 Å². The molecular formula is C28H34N4O3. The van der Waals surface area contributed by atoms with E-state index in [0.717, 1.165) is 43.0 Å². The number of aromatic carboxylic acids is 1. The molecule has 1 atom stereocenters. The van der Waals surface area contributed by atoms with Crippen LogP contribution in [0, 0.1) is 23.7 Å². The number of aromatic nitrogens is 1. The number of nitrogens with one attached hydrogen (secondary N) is 1. The largest absolute Gasteiger partial charge is 0.478 e. The molecule has 4 bridgehead atoms. The van der Waals surface area contributed by atoms with E-state index in [0.29, 0.717) is 29.1 Å². The lowest BCUT2D eigenvalue weighted by atomic mass is 9.54. The molecule has 5 fully saturated rings. The molecule has 0 spiro atoms. The van der Waals surface area contributed by atoms with E-state index in [9.17, 15) is 9.59 Å². The fraction of sp³-hybridized carbons (Fsp3) is 0.536. The number of carbonyl (C=O) groups is 2. The first kappa shape index (κ1) is 22.4. The lowest BCUT2D eigenvalue weighted by Crippen LogP contribution is -2.56. The zero-order valence-corrected chi connectivity index (χ0v) is 20.3. The molecule has 4 saturated carbocycles. The first-order valence-corrected chi connectivity index (χ1v) is 13.1. The number of hydrogen-bond donors (Lipinski definition) is 2. The molecule has 1 aromatic heterocycles. The fourth-order valence-electron chi connectivity index (χ4n) is 7.44. The summed E-state index contributed by atoms with van der Waals surface area (Å²) in [5.41, 5.74) is 1.84. The zero-order chi connectivity index (χ0) is 24.1. The first-order valence-electron chi connectivity index (χ1n) is 13.1. The molecule has 7 rings (SSSR count). The Morgan fingerprint density at radius 2 is 1.63 bits per heavy atom. The van der Waals surface area contributed by atoms with Gasteiger partial charge in [-0.2, -0.15) is 0 Å². The van der Waals surface area contributed by atoms with Gasteiger partial charge < -0.3 is 20.2 Å². The fourth-order valence-corrected chi connectivity index (χ4v) is 7.44. The summed E-state index contributed by atoms with van der Waals surface area (Å²) in [5.74, 6) is 2.98. The topological polar surface area (TPSA) is 85.8 Å². The Balaban J connectivity index is 1.11. The molecule has 7 nitrogen and oxygen atoms in total. The summed E-state index contributed by atoms with van der Waals surface area (Å²) in [4.78, 5) is 33.7. The van der Waals surface area contributed by atoms with Crippen molar-refractivity contribution in [2.75, 3.05) is 29.4 Å². The molecule has 5 aliphatic rings. The average molecular weight is 475 g/mol. The van der Waals surface area contributed by atoms with Gasteiger partial charge in [0.15, 0.2) is 0 Å². The zero-order valence-electron chi connectivity index (χ0n) is 20.3. The van der Waals surface area contributed by atoms with Crippen LogP contribution in [0.5, 0.6) is 0 Å². The van der Waals surface area contributed by atoms with E-state index in [4.69, 9.17) is 10.1 Å². The summed E-state index contributed by atoms with van der Waals surface area (Å²) in [6, 6.07) is 13.3. The molecule has 1 amide bonds. The summed E-state index contributed by atoms with van der Waals surface area (Å²) >= 11 is 0. The number of pyridine rings is 1. The number of carboxylic acids is 1. The van der Waals surface area contributed by atoms with Gasteiger partial charge in [-0.3, -0.25) is 4.79 Å². The Morgan fingerprint density at radius 3 is 2.26 bits per heavy atom. The normalized spacial score (nSPS) is 31.5. The maximum Gasteiger partial charge on any atom is 0.335 e. The van der Waals surface area contributed by atoms with Gasteiger partial charge in [0.25, 0.3) is 5.91 Å². The van der Waals surface area contributed by atoms with Gasteiger partial charge in [-0.25, -0.2) is 9.78 Å². The summed E-state index contributed by atoms with van der Waals surface area (Å²) in [7, 11) is 0. The third-order valence-electron chi connectivity index (χ3n) is 8.89. The van der Waals surface area contributed by atoms with Gasteiger partial charge in [0.05, 0.1) is 5.56 Å². The Morgan fingerprint density at radius 1 is 0.943 bits per heavy atom. The smallest absolute Gasteiger partial charge is 0.335 e. The van der Waals surface area contributed by atoms with E-state index in [-0.39, 0.29) is 11.9 Å². The number of piperazine rings is 1. The van der Waals surface area contributed by atoms with E-state index < -0.39 is 5.97 Å². The number of carbonyl (C=O) groups excluding carboxylic acids is 1. The van der Waals surface area contributed by atoms with E-state index >= 15 is 0 Å². The maximum absolute atomic E-state index is 13.2. The van der Waals surface area contributed by atoms with Crippen molar-refractivity contribution >= 4 is 23.4 Å². The number of carboxylic acid groups (broad SMARTS) is 1. The second kappa shape index (κ2) is 8.85. The molecule has 7 heteroatoms. The number of benzene rings is 1. The van der Waals surface area contributed by atoms with Gasteiger partial charge >= 0.3 is 5.97 Å². The summed E-state index contributed by atoms with van der Waals surface area (Å²) in [5, 5.41) is 12.5.